The Labute approximate surface area is 80.3 Å². The van der Waals surface area contributed by atoms with Crippen LogP contribution in [0.25, 0.3) is 0 Å². The van der Waals surface area contributed by atoms with Gasteiger partial charge in [-0.05, 0) is 0 Å². The van der Waals surface area contributed by atoms with Crippen LogP contribution in [-0.2, 0) is 13.9 Å². The SMILES string of the molecule is NCCN[C@@H](COP(=O)(O)O)C(=O)O. The van der Waals surface area contributed by atoms with Gasteiger partial charge in [0.2, 0.25) is 0 Å². The third kappa shape index (κ3) is 6.96. The zero-order valence-electron chi connectivity index (χ0n) is 7.29. The van der Waals surface area contributed by atoms with E-state index in [1.807, 2.05) is 0 Å². The van der Waals surface area contributed by atoms with Gasteiger partial charge in [0.15, 0.2) is 0 Å². The van der Waals surface area contributed by atoms with Crippen LogP contribution in [0.15, 0.2) is 0 Å². The number of nitrogens with one attached hydrogen (secondary N) is 1. The Morgan fingerprint density at radius 2 is 2.14 bits per heavy atom. The van der Waals surface area contributed by atoms with Crippen molar-refractivity contribution in [3.8, 4) is 0 Å². The molecule has 1 atom stereocenters. The van der Waals surface area contributed by atoms with Gasteiger partial charge in [-0.25, -0.2) is 4.57 Å². The fourth-order valence-electron chi connectivity index (χ4n) is 0.647. The second-order valence-corrected chi connectivity index (χ2v) is 3.66. The topological polar surface area (TPSA) is 142 Å². The lowest BCUT2D eigenvalue weighted by Crippen LogP contribution is -2.42. The van der Waals surface area contributed by atoms with E-state index >= 15 is 0 Å². The summed E-state index contributed by atoms with van der Waals surface area (Å²) in [5, 5.41) is 11.0. The largest absolute Gasteiger partial charge is 0.480 e. The molecule has 84 valence electrons. The minimum absolute atomic E-state index is 0.222. The normalized spacial score (nSPS) is 13.9. The second kappa shape index (κ2) is 6.07. The first kappa shape index (κ1) is 13.5. The molecular formula is C5H13N2O6P. The molecular weight excluding hydrogens is 215 g/mol. The van der Waals surface area contributed by atoms with E-state index in [2.05, 4.69) is 9.84 Å². The van der Waals surface area contributed by atoms with E-state index in [1.165, 1.54) is 0 Å². The Morgan fingerprint density at radius 3 is 2.50 bits per heavy atom. The number of carboxylic acid groups (broad SMARTS) is 1. The fraction of sp³-hybridized carbons (Fsp3) is 0.800. The Morgan fingerprint density at radius 1 is 1.57 bits per heavy atom. The van der Waals surface area contributed by atoms with Gasteiger partial charge in [0.1, 0.15) is 6.04 Å². The third-order valence-electron chi connectivity index (χ3n) is 1.24. The summed E-state index contributed by atoms with van der Waals surface area (Å²) in [7, 11) is -4.63. The van der Waals surface area contributed by atoms with Gasteiger partial charge in [-0.15, -0.1) is 0 Å². The van der Waals surface area contributed by atoms with E-state index in [9.17, 15) is 9.36 Å². The molecule has 0 bridgehead atoms. The van der Waals surface area contributed by atoms with E-state index in [-0.39, 0.29) is 13.1 Å². The van der Waals surface area contributed by atoms with Crippen LogP contribution in [0, 0.1) is 0 Å². The summed E-state index contributed by atoms with van der Waals surface area (Å²) in [6, 6.07) is -1.17. The van der Waals surface area contributed by atoms with Crippen molar-refractivity contribution in [3.63, 3.8) is 0 Å². The van der Waals surface area contributed by atoms with Gasteiger partial charge < -0.3 is 25.9 Å². The zero-order valence-corrected chi connectivity index (χ0v) is 8.18. The molecule has 0 fully saturated rings. The van der Waals surface area contributed by atoms with Crippen molar-refractivity contribution < 1.29 is 28.8 Å². The molecule has 0 aromatic rings. The molecule has 0 radical (unpaired) electrons. The molecule has 0 aliphatic carbocycles. The molecule has 0 unspecified atom stereocenters. The molecule has 9 heteroatoms. The van der Waals surface area contributed by atoms with Crippen LogP contribution in [0.3, 0.4) is 0 Å². The maximum atomic E-state index is 10.5. The van der Waals surface area contributed by atoms with E-state index in [4.69, 9.17) is 20.6 Å². The molecule has 0 saturated heterocycles. The number of carbonyl (C=O) groups is 1. The van der Waals surface area contributed by atoms with Gasteiger partial charge in [-0.3, -0.25) is 9.32 Å². The highest BCUT2D eigenvalue weighted by atomic mass is 31.2. The van der Waals surface area contributed by atoms with Crippen LogP contribution in [0.1, 0.15) is 0 Å². The molecule has 6 N–H and O–H groups in total. The minimum atomic E-state index is -4.63. The molecule has 0 aliphatic heterocycles. The minimum Gasteiger partial charge on any atom is -0.480 e. The van der Waals surface area contributed by atoms with Crippen molar-refractivity contribution in [1.29, 1.82) is 0 Å². The van der Waals surface area contributed by atoms with Crippen molar-refractivity contribution in [2.24, 2.45) is 5.73 Å². The molecule has 0 heterocycles. The molecule has 0 saturated carbocycles. The highest BCUT2D eigenvalue weighted by Gasteiger charge is 2.22. The monoisotopic (exact) mass is 228 g/mol. The van der Waals surface area contributed by atoms with Crippen LogP contribution >= 0.6 is 7.82 Å². The number of phosphoric ester groups is 1. The van der Waals surface area contributed by atoms with Crippen LogP contribution < -0.4 is 11.1 Å². The van der Waals surface area contributed by atoms with Crippen LogP contribution in [0.2, 0.25) is 0 Å². The summed E-state index contributed by atoms with van der Waals surface area (Å²) in [4.78, 5) is 27.1. The lowest BCUT2D eigenvalue weighted by Gasteiger charge is -2.14. The zero-order chi connectivity index (χ0) is 11.2. The number of rotatable bonds is 7. The number of hydrogen-bond donors (Lipinski definition) is 5. The molecule has 0 rings (SSSR count). The highest BCUT2D eigenvalue weighted by molar-refractivity contribution is 7.46. The molecule has 0 amide bonds. The summed E-state index contributed by atoms with van der Waals surface area (Å²) < 4.78 is 14.3. The number of aliphatic carboxylic acids is 1. The highest BCUT2D eigenvalue weighted by Crippen LogP contribution is 2.35. The Balaban J connectivity index is 3.98. The van der Waals surface area contributed by atoms with Gasteiger partial charge >= 0.3 is 13.8 Å². The summed E-state index contributed by atoms with van der Waals surface area (Å²) in [6.45, 7) is -0.166. The van der Waals surface area contributed by atoms with Gasteiger partial charge in [0.05, 0.1) is 6.61 Å². The van der Waals surface area contributed by atoms with Crippen molar-refractivity contribution in [3.05, 3.63) is 0 Å². The maximum Gasteiger partial charge on any atom is 0.469 e. The Bertz CT molecular complexity index is 228. The van der Waals surface area contributed by atoms with Crippen LogP contribution in [-0.4, -0.2) is 46.6 Å². The first-order chi connectivity index (χ1) is 6.37. The van der Waals surface area contributed by atoms with Crippen molar-refractivity contribution in [1.82, 2.24) is 5.32 Å². The molecule has 0 spiro atoms. The molecule has 14 heavy (non-hydrogen) atoms. The van der Waals surface area contributed by atoms with E-state index in [0.717, 1.165) is 0 Å². The molecule has 0 aromatic carbocycles. The van der Waals surface area contributed by atoms with E-state index in [0.29, 0.717) is 0 Å². The maximum absolute atomic E-state index is 10.5. The van der Waals surface area contributed by atoms with E-state index in [1.54, 1.807) is 0 Å². The molecule has 8 nitrogen and oxygen atoms in total. The quantitative estimate of drug-likeness (QED) is 0.318. The van der Waals surface area contributed by atoms with E-state index < -0.39 is 26.4 Å². The summed E-state index contributed by atoms with van der Waals surface area (Å²) >= 11 is 0. The number of nitrogens with two attached hydrogens (primary N) is 1. The van der Waals surface area contributed by atoms with Crippen molar-refractivity contribution >= 4 is 13.8 Å². The third-order valence-corrected chi connectivity index (χ3v) is 1.73. The summed E-state index contributed by atoms with van der Waals surface area (Å²) in [5.41, 5.74) is 5.11. The lowest BCUT2D eigenvalue weighted by molar-refractivity contribution is -0.140. The second-order valence-electron chi connectivity index (χ2n) is 2.42. The molecule has 0 aliphatic rings. The average Bonchev–Trinajstić information content (AvgIpc) is 2.01. The fourth-order valence-corrected chi connectivity index (χ4v) is 0.990. The summed E-state index contributed by atoms with van der Waals surface area (Å²) in [6.07, 6.45) is 0. The Kier molecular flexibility index (Phi) is 5.86. The Hall–Kier alpha value is -0.500. The average molecular weight is 228 g/mol. The predicted molar refractivity (Wildman–Crippen MR) is 46.5 cm³/mol. The number of hydrogen-bond acceptors (Lipinski definition) is 5. The predicted octanol–water partition coefficient (Wildman–Crippen LogP) is -1.90. The van der Waals surface area contributed by atoms with Crippen molar-refractivity contribution in [2.75, 3.05) is 19.7 Å². The lowest BCUT2D eigenvalue weighted by atomic mass is 10.3. The van der Waals surface area contributed by atoms with Gasteiger partial charge in [-0.1, -0.05) is 0 Å². The molecule has 0 aromatic heterocycles. The summed E-state index contributed by atoms with van der Waals surface area (Å²) in [5.74, 6) is -1.26. The number of phosphoric acid groups is 1. The number of carboxylic acids is 1. The van der Waals surface area contributed by atoms with Crippen molar-refractivity contribution in [2.45, 2.75) is 6.04 Å². The van der Waals surface area contributed by atoms with Gasteiger partial charge in [0.25, 0.3) is 0 Å². The van der Waals surface area contributed by atoms with Crippen LogP contribution in [0.4, 0.5) is 0 Å². The standard InChI is InChI=1S/C5H13N2O6P/c6-1-2-7-4(5(8)9)3-13-14(10,11)12/h4,7H,1-3,6H2,(H,8,9)(H2,10,11,12)/t4-/m0/s1. The van der Waals surface area contributed by atoms with Gasteiger partial charge in [-0.2, -0.15) is 0 Å². The first-order valence-electron chi connectivity index (χ1n) is 3.73. The first-order valence-corrected chi connectivity index (χ1v) is 5.26. The van der Waals surface area contributed by atoms with Gasteiger partial charge in [0, 0.05) is 13.1 Å². The smallest absolute Gasteiger partial charge is 0.469 e. The van der Waals surface area contributed by atoms with Crippen LogP contribution in [0.5, 0.6) is 0 Å².